The summed E-state index contributed by atoms with van der Waals surface area (Å²) in [4.78, 5) is 11.2. The Kier molecular flexibility index (Phi) is 4.58. The number of hydrogen-bond donors (Lipinski definition) is 1. The molecule has 0 fully saturated rings. The molecule has 0 spiro atoms. The summed E-state index contributed by atoms with van der Waals surface area (Å²) in [5.74, 6) is 0. The van der Waals surface area contributed by atoms with E-state index < -0.39 is 17.8 Å². The van der Waals surface area contributed by atoms with Crippen molar-refractivity contribution in [3.63, 3.8) is 0 Å². The summed E-state index contributed by atoms with van der Waals surface area (Å²) in [6.45, 7) is 3.60. The Morgan fingerprint density at radius 1 is 1.39 bits per heavy atom. The highest BCUT2D eigenvalue weighted by Gasteiger charge is 2.30. The van der Waals surface area contributed by atoms with Crippen LogP contribution >= 0.6 is 0 Å². The molecule has 0 aliphatic rings. The molecular weight excluding hydrogens is 247 g/mol. The predicted molar refractivity (Wildman–Crippen MR) is 61.4 cm³/mol. The van der Waals surface area contributed by atoms with Gasteiger partial charge in [-0.1, -0.05) is 6.92 Å². The third-order valence-electron chi connectivity index (χ3n) is 2.23. The number of carbonyl (C=O) groups excluding carboxylic acids is 1. The van der Waals surface area contributed by atoms with E-state index in [9.17, 15) is 18.0 Å². The molecule has 1 aromatic carbocycles. The first-order valence-corrected chi connectivity index (χ1v) is 5.46. The number of anilines is 1. The zero-order valence-corrected chi connectivity index (χ0v) is 10.1. The van der Waals surface area contributed by atoms with Gasteiger partial charge in [0, 0.05) is 5.69 Å². The molecule has 0 bridgehead atoms. The van der Waals surface area contributed by atoms with Gasteiger partial charge in [-0.2, -0.15) is 13.2 Å². The first kappa shape index (κ1) is 14.3. The molecule has 1 N–H and O–H groups in total. The molecule has 0 unspecified atom stereocenters. The maximum absolute atomic E-state index is 12.4. The van der Waals surface area contributed by atoms with Gasteiger partial charge in [0.05, 0.1) is 12.2 Å². The maximum atomic E-state index is 12.4. The van der Waals surface area contributed by atoms with E-state index in [2.05, 4.69) is 5.32 Å². The van der Waals surface area contributed by atoms with Crippen LogP contribution in [-0.4, -0.2) is 12.7 Å². The van der Waals surface area contributed by atoms with Crippen molar-refractivity contribution >= 4 is 11.8 Å². The molecule has 0 saturated carbocycles. The number of alkyl halides is 3. The van der Waals surface area contributed by atoms with Crippen LogP contribution < -0.4 is 5.32 Å². The molecule has 0 radical (unpaired) electrons. The van der Waals surface area contributed by atoms with Gasteiger partial charge >= 0.3 is 12.3 Å². The number of benzene rings is 1. The molecule has 0 aromatic heterocycles. The SMILES string of the molecule is CCCOC(=O)Nc1ccc(C(F)(F)F)cc1C. The molecule has 0 aliphatic carbocycles. The van der Waals surface area contributed by atoms with Gasteiger partial charge in [0.1, 0.15) is 0 Å². The van der Waals surface area contributed by atoms with Gasteiger partial charge in [-0.15, -0.1) is 0 Å². The Balaban J connectivity index is 2.77. The highest BCUT2D eigenvalue weighted by molar-refractivity contribution is 5.85. The summed E-state index contributed by atoms with van der Waals surface area (Å²) in [7, 11) is 0. The molecule has 0 atom stereocenters. The predicted octanol–water partition coefficient (Wildman–Crippen LogP) is 3.97. The smallest absolute Gasteiger partial charge is 0.416 e. The average molecular weight is 261 g/mol. The maximum Gasteiger partial charge on any atom is 0.416 e. The van der Waals surface area contributed by atoms with E-state index in [1.54, 1.807) is 0 Å². The summed E-state index contributed by atoms with van der Waals surface area (Å²) < 4.78 is 42.0. The molecule has 100 valence electrons. The van der Waals surface area contributed by atoms with Crippen molar-refractivity contribution in [2.75, 3.05) is 11.9 Å². The van der Waals surface area contributed by atoms with Gasteiger partial charge in [0.25, 0.3) is 0 Å². The fraction of sp³-hybridized carbons (Fsp3) is 0.417. The van der Waals surface area contributed by atoms with Crippen LogP contribution in [0, 0.1) is 6.92 Å². The van der Waals surface area contributed by atoms with E-state index >= 15 is 0 Å². The minimum absolute atomic E-state index is 0.269. The highest BCUT2D eigenvalue weighted by Crippen LogP contribution is 2.31. The van der Waals surface area contributed by atoms with Gasteiger partial charge in [0.2, 0.25) is 0 Å². The number of hydrogen-bond acceptors (Lipinski definition) is 2. The Bertz CT molecular complexity index is 430. The number of aryl methyl sites for hydroxylation is 1. The molecule has 18 heavy (non-hydrogen) atoms. The third kappa shape index (κ3) is 3.94. The monoisotopic (exact) mass is 261 g/mol. The molecule has 0 heterocycles. The van der Waals surface area contributed by atoms with Crippen LogP contribution in [0.3, 0.4) is 0 Å². The molecule has 1 aromatic rings. The lowest BCUT2D eigenvalue weighted by molar-refractivity contribution is -0.137. The molecule has 0 aliphatic heterocycles. The second-order valence-electron chi connectivity index (χ2n) is 3.79. The standard InChI is InChI=1S/C12H14F3NO2/c1-3-6-18-11(17)16-10-5-4-9(7-8(10)2)12(13,14)15/h4-5,7H,3,6H2,1-2H3,(H,16,17). The van der Waals surface area contributed by atoms with Gasteiger partial charge in [-0.25, -0.2) is 4.79 Å². The molecule has 1 rings (SSSR count). The lowest BCUT2D eigenvalue weighted by atomic mass is 10.1. The van der Waals surface area contributed by atoms with Crippen molar-refractivity contribution in [2.24, 2.45) is 0 Å². The van der Waals surface area contributed by atoms with Gasteiger partial charge in [-0.3, -0.25) is 5.32 Å². The highest BCUT2D eigenvalue weighted by atomic mass is 19.4. The van der Waals surface area contributed by atoms with Crippen molar-refractivity contribution in [1.82, 2.24) is 0 Å². The van der Waals surface area contributed by atoms with Crippen LogP contribution in [0.15, 0.2) is 18.2 Å². The number of amides is 1. The topological polar surface area (TPSA) is 38.3 Å². The van der Waals surface area contributed by atoms with E-state index in [0.29, 0.717) is 17.7 Å². The van der Waals surface area contributed by atoms with Gasteiger partial charge in [0.15, 0.2) is 0 Å². The van der Waals surface area contributed by atoms with Crippen molar-refractivity contribution in [3.8, 4) is 0 Å². The Labute approximate surface area is 103 Å². The fourth-order valence-electron chi connectivity index (χ4n) is 1.32. The second-order valence-corrected chi connectivity index (χ2v) is 3.79. The van der Waals surface area contributed by atoms with Crippen molar-refractivity contribution in [3.05, 3.63) is 29.3 Å². The van der Waals surface area contributed by atoms with E-state index in [4.69, 9.17) is 4.74 Å². The summed E-state index contributed by atoms with van der Waals surface area (Å²) in [5.41, 5.74) is -0.102. The third-order valence-corrected chi connectivity index (χ3v) is 2.23. The lowest BCUT2D eigenvalue weighted by Crippen LogP contribution is -2.15. The Hall–Kier alpha value is -1.72. The van der Waals surface area contributed by atoms with E-state index in [0.717, 1.165) is 12.1 Å². The molecule has 3 nitrogen and oxygen atoms in total. The number of halogens is 3. The lowest BCUT2D eigenvalue weighted by Gasteiger charge is -2.12. The minimum atomic E-state index is -4.38. The van der Waals surface area contributed by atoms with Crippen LogP contribution in [0.4, 0.5) is 23.7 Å². The Morgan fingerprint density at radius 3 is 2.56 bits per heavy atom. The zero-order chi connectivity index (χ0) is 13.8. The quantitative estimate of drug-likeness (QED) is 0.893. The van der Waals surface area contributed by atoms with Crippen LogP contribution in [0.1, 0.15) is 24.5 Å². The number of ether oxygens (including phenoxy) is 1. The molecule has 0 saturated heterocycles. The second kappa shape index (κ2) is 5.75. The molecule has 1 amide bonds. The van der Waals surface area contributed by atoms with Crippen molar-refractivity contribution in [1.29, 1.82) is 0 Å². The van der Waals surface area contributed by atoms with Crippen LogP contribution in [0.5, 0.6) is 0 Å². The van der Waals surface area contributed by atoms with Crippen LogP contribution in [0.25, 0.3) is 0 Å². The number of rotatable bonds is 3. The van der Waals surface area contributed by atoms with E-state index in [-0.39, 0.29) is 6.61 Å². The largest absolute Gasteiger partial charge is 0.449 e. The minimum Gasteiger partial charge on any atom is -0.449 e. The molecular formula is C12H14F3NO2. The van der Waals surface area contributed by atoms with Gasteiger partial charge < -0.3 is 4.74 Å². The van der Waals surface area contributed by atoms with Crippen molar-refractivity contribution in [2.45, 2.75) is 26.4 Å². The summed E-state index contributed by atoms with van der Waals surface area (Å²) in [5, 5.41) is 2.40. The normalized spacial score (nSPS) is 11.2. The fourth-order valence-corrected chi connectivity index (χ4v) is 1.32. The van der Waals surface area contributed by atoms with Gasteiger partial charge in [-0.05, 0) is 37.1 Å². The average Bonchev–Trinajstić information content (AvgIpc) is 2.27. The summed E-state index contributed by atoms with van der Waals surface area (Å²) in [6.07, 6.45) is -4.37. The Morgan fingerprint density at radius 2 is 2.06 bits per heavy atom. The molecule has 6 heteroatoms. The first-order valence-electron chi connectivity index (χ1n) is 5.46. The summed E-state index contributed by atoms with van der Waals surface area (Å²) in [6, 6.07) is 3.11. The van der Waals surface area contributed by atoms with Crippen LogP contribution in [-0.2, 0) is 10.9 Å². The van der Waals surface area contributed by atoms with Crippen LogP contribution in [0.2, 0.25) is 0 Å². The van der Waals surface area contributed by atoms with E-state index in [1.807, 2.05) is 6.92 Å². The summed E-state index contributed by atoms with van der Waals surface area (Å²) >= 11 is 0. The number of carbonyl (C=O) groups is 1. The number of nitrogens with one attached hydrogen (secondary N) is 1. The van der Waals surface area contributed by atoms with Crippen molar-refractivity contribution < 1.29 is 22.7 Å². The first-order chi connectivity index (χ1) is 8.34. The van der Waals surface area contributed by atoms with E-state index in [1.165, 1.54) is 13.0 Å². The zero-order valence-electron chi connectivity index (χ0n) is 10.1.